The van der Waals surface area contributed by atoms with E-state index in [4.69, 9.17) is 10.5 Å². The first-order valence-electron chi connectivity index (χ1n) is 5.08. The van der Waals surface area contributed by atoms with Crippen LogP contribution in [0.2, 0.25) is 0 Å². The maximum absolute atomic E-state index is 6.15. The van der Waals surface area contributed by atoms with Gasteiger partial charge in [-0.15, -0.1) is 0 Å². The number of hydrogen-bond acceptors (Lipinski definition) is 3. The second-order valence-electron chi connectivity index (χ2n) is 3.68. The van der Waals surface area contributed by atoms with E-state index in [0.29, 0.717) is 0 Å². The van der Waals surface area contributed by atoms with Gasteiger partial charge in [-0.1, -0.05) is 12.1 Å². The minimum absolute atomic E-state index is 0.154. The van der Waals surface area contributed by atoms with Crippen LogP contribution in [0.15, 0.2) is 36.8 Å². The van der Waals surface area contributed by atoms with Crippen LogP contribution in [-0.4, -0.2) is 16.7 Å². The predicted octanol–water partition coefficient (Wildman–Crippen LogP) is 1.48. The van der Waals surface area contributed by atoms with Crippen LogP contribution in [0, 0.1) is 0 Å². The molecule has 84 valence electrons. The number of ether oxygens (including phenoxy) is 1. The molecular weight excluding hydrogens is 202 g/mol. The van der Waals surface area contributed by atoms with Crippen LogP contribution in [0.1, 0.15) is 17.3 Å². The van der Waals surface area contributed by atoms with Crippen LogP contribution in [0.3, 0.4) is 0 Å². The summed E-state index contributed by atoms with van der Waals surface area (Å²) in [5.74, 6) is 0.834. The molecule has 1 unspecified atom stereocenters. The van der Waals surface area contributed by atoms with Gasteiger partial charge in [0.1, 0.15) is 5.75 Å². The molecular formula is C12H15N3O. The van der Waals surface area contributed by atoms with Crippen molar-refractivity contribution in [1.29, 1.82) is 0 Å². The quantitative estimate of drug-likeness (QED) is 0.847. The Kier molecular flexibility index (Phi) is 2.92. The van der Waals surface area contributed by atoms with Crippen LogP contribution in [0.4, 0.5) is 0 Å². The summed E-state index contributed by atoms with van der Waals surface area (Å²) in [5, 5.41) is 0. The van der Waals surface area contributed by atoms with Gasteiger partial charge in [0.05, 0.1) is 31.4 Å². The monoisotopic (exact) mass is 217 g/mol. The molecule has 0 fully saturated rings. The fourth-order valence-electron chi connectivity index (χ4n) is 1.65. The van der Waals surface area contributed by atoms with E-state index in [0.717, 1.165) is 17.0 Å². The molecule has 0 radical (unpaired) electrons. The number of aromatic nitrogens is 2. The highest BCUT2D eigenvalue weighted by atomic mass is 16.5. The lowest BCUT2D eigenvalue weighted by Crippen LogP contribution is -2.15. The SMILES string of the molecule is COc1ccc(C(N)c2cncn2C)cc1. The summed E-state index contributed by atoms with van der Waals surface area (Å²) in [6.45, 7) is 0. The van der Waals surface area contributed by atoms with E-state index < -0.39 is 0 Å². The molecule has 4 nitrogen and oxygen atoms in total. The van der Waals surface area contributed by atoms with Crippen LogP contribution in [-0.2, 0) is 7.05 Å². The summed E-state index contributed by atoms with van der Waals surface area (Å²) in [4.78, 5) is 4.06. The highest BCUT2D eigenvalue weighted by Crippen LogP contribution is 2.21. The zero-order chi connectivity index (χ0) is 11.5. The van der Waals surface area contributed by atoms with Crippen molar-refractivity contribution in [3.63, 3.8) is 0 Å². The maximum atomic E-state index is 6.15. The first-order valence-corrected chi connectivity index (χ1v) is 5.08. The summed E-state index contributed by atoms with van der Waals surface area (Å²) in [6, 6.07) is 7.60. The van der Waals surface area contributed by atoms with E-state index in [9.17, 15) is 0 Å². The molecule has 1 atom stereocenters. The molecule has 0 aliphatic heterocycles. The highest BCUT2D eigenvalue weighted by Gasteiger charge is 2.11. The first kappa shape index (κ1) is 10.7. The molecule has 2 N–H and O–H groups in total. The van der Waals surface area contributed by atoms with E-state index in [2.05, 4.69) is 4.98 Å². The van der Waals surface area contributed by atoms with Gasteiger partial charge in [0.15, 0.2) is 0 Å². The van der Waals surface area contributed by atoms with Gasteiger partial charge < -0.3 is 15.0 Å². The third-order valence-electron chi connectivity index (χ3n) is 2.65. The number of nitrogens with two attached hydrogens (primary N) is 1. The Balaban J connectivity index is 2.27. The lowest BCUT2D eigenvalue weighted by atomic mass is 10.1. The van der Waals surface area contributed by atoms with Crippen LogP contribution < -0.4 is 10.5 Å². The molecule has 1 heterocycles. The van der Waals surface area contributed by atoms with E-state index >= 15 is 0 Å². The lowest BCUT2D eigenvalue weighted by molar-refractivity contribution is 0.414. The Labute approximate surface area is 94.7 Å². The van der Waals surface area contributed by atoms with Gasteiger partial charge in [0.2, 0.25) is 0 Å². The smallest absolute Gasteiger partial charge is 0.118 e. The molecule has 0 aliphatic carbocycles. The van der Waals surface area contributed by atoms with Gasteiger partial charge in [-0.2, -0.15) is 0 Å². The number of benzene rings is 1. The van der Waals surface area contributed by atoms with Crippen molar-refractivity contribution in [3.05, 3.63) is 48.0 Å². The number of aryl methyl sites for hydroxylation is 1. The molecule has 1 aromatic heterocycles. The molecule has 0 bridgehead atoms. The van der Waals surface area contributed by atoms with Crippen LogP contribution in [0.25, 0.3) is 0 Å². The Morgan fingerprint density at radius 2 is 2.00 bits per heavy atom. The lowest BCUT2D eigenvalue weighted by Gasteiger charge is -2.13. The van der Waals surface area contributed by atoms with Gasteiger partial charge in [-0.25, -0.2) is 4.98 Å². The normalized spacial score (nSPS) is 12.4. The van der Waals surface area contributed by atoms with E-state index in [-0.39, 0.29) is 6.04 Å². The minimum Gasteiger partial charge on any atom is -0.497 e. The van der Waals surface area contributed by atoms with Crippen LogP contribution >= 0.6 is 0 Å². The van der Waals surface area contributed by atoms with Gasteiger partial charge in [0.25, 0.3) is 0 Å². The van der Waals surface area contributed by atoms with Crippen molar-refractivity contribution < 1.29 is 4.74 Å². The standard InChI is InChI=1S/C12H15N3O/c1-15-8-14-7-11(15)12(13)9-3-5-10(16-2)6-4-9/h3-8,12H,13H2,1-2H3. The van der Waals surface area contributed by atoms with Crippen molar-refractivity contribution in [1.82, 2.24) is 9.55 Å². The van der Waals surface area contributed by atoms with Crippen molar-refractivity contribution in [2.24, 2.45) is 12.8 Å². The molecule has 0 aliphatic rings. The second-order valence-corrected chi connectivity index (χ2v) is 3.68. The minimum atomic E-state index is -0.154. The topological polar surface area (TPSA) is 53.1 Å². The predicted molar refractivity (Wildman–Crippen MR) is 62.2 cm³/mol. The van der Waals surface area contributed by atoms with Crippen molar-refractivity contribution in [2.45, 2.75) is 6.04 Å². The first-order chi connectivity index (χ1) is 7.72. The average molecular weight is 217 g/mol. The molecule has 1 aromatic carbocycles. The second kappa shape index (κ2) is 4.37. The Bertz CT molecular complexity index is 461. The third-order valence-corrected chi connectivity index (χ3v) is 2.65. The van der Waals surface area contributed by atoms with Gasteiger partial charge in [-0.3, -0.25) is 0 Å². The molecule has 2 aromatic rings. The average Bonchev–Trinajstić information content (AvgIpc) is 2.75. The van der Waals surface area contributed by atoms with Crippen molar-refractivity contribution >= 4 is 0 Å². The Hall–Kier alpha value is -1.81. The number of imidazole rings is 1. The molecule has 16 heavy (non-hydrogen) atoms. The molecule has 0 spiro atoms. The van der Waals surface area contributed by atoms with E-state index in [1.54, 1.807) is 19.6 Å². The molecule has 0 saturated heterocycles. The largest absolute Gasteiger partial charge is 0.497 e. The fraction of sp³-hybridized carbons (Fsp3) is 0.250. The fourth-order valence-corrected chi connectivity index (χ4v) is 1.65. The van der Waals surface area contributed by atoms with Crippen molar-refractivity contribution in [3.8, 4) is 5.75 Å². The van der Waals surface area contributed by atoms with Crippen LogP contribution in [0.5, 0.6) is 5.75 Å². The maximum Gasteiger partial charge on any atom is 0.118 e. The third kappa shape index (κ3) is 1.92. The zero-order valence-corrected chi connectivity index (χ0v) is 9.42. The number of rotatable bonds is 3. The Morgan fingerprint density at radius 3 is 2.50 bits per heavy atom. The summed E-state index contributed by atoms with van der Waals surface area (Å²) in [6.07, 6.45) is 3.54. The highest BCUT2D eigenvalue weighted by molar-refractivity contribution is 5.32. The number of hydrogen-bond donors (Lipinski definition) is 1. The summed E-state index contributed by atoms with van der Waals surface area (Å²) >= 11 is 0. The summed E-state index contributed by atoms with van der Waals surface area (Å²) in [7, 11) is 3.59. The van der Waals surface area contributed by atoms with E-state index in [1.165, 1.54) is 0 Å². The van der Waals surface area contributed by atoms with Crippen molar-refractivity contribution in [2.75, 3.05) is 7.11 Å². The van der Waals surface area contributed by atoms with Gasteiger partial charge >= 0.3 is 0 Å². The Morgan fingerprint density at radius 1 is 1.31 bits per heavy atom. The molecule has 0 saturated carbocycles. The summed E-state index contributed by atoms with van der Waals surface area (Å²) in [5.41, 5.74) is 8.19. The number of methoxy groups -OCH3 is 1. The zero-order valence-electron chi connectivity index (χ0n) is 9.42. The van der Waals surface area contributed by atoms with E-state index in [1.807, 2.05) is 35.9 Å². The molecule has 4 heteroatoms. The molecule has 2 rings (SSSR count). The van der Waals surface area contributed by atoms with Gasteiger partial charge in [-0.05, 0) is 17.7 Å². The summed E-state index contributed by atoms with van der Waals surface area (Å²) < 4.78 is 7.03. The van der Waals surface area contributed by atoms with Gasteiger partial charge in [0, 0.05) is 7.05 Å². The number of nitrogens with zero attached hydrogens (tertiary/aromatic N) is 2. The molecule has 0 amide bonds.